The molecule has 0 spiro atoms. The second kappa shape index (κ2) is 6.26. The van der Waals surface area contributed by atoms with E-state index in [0.717, 1.165) is 21.4 Å². The largest absolute Gasteiger partial charge is 0.327 e. The Hall–Kier alpha value is -0.380. The van der Waals surface area contributed by atoms with Crippen LogP contribution >= 0.6 is 62.3 Å². The zero-order valence-electron chi connectivity index (χ0n) is 11.1. The van der Waals surface area contributed by atoms with Gasteiger partial charge >= 0.3 is 0 Å². The summed E-state index contributed by atoms with van der Waals surface area (Å²) in [5.41, 5.74) is 2.76. The molecule has 0 aliphatic carbocycles. The third-order valence-electron chi connectivity index (χ3n) is 3.43. The molecule has 0 saturated carbocycles. The molecule has 1 aliphatic heterocycles. The standard InChI is InChI=1S/C16H10BrCl4N/c17-11-9-10-5-1-3-7-13(10)22(15(11)16(19,20)21)14-8-4-2-6-12(14)18/h1-9,15H. The monoisotopic (exact) mass is 435 g/mol. The lowest BCUT2D eigenvalue weighted by Crippen LogP contribution is -2.43. The van der Waals surface area contributed by atoms with Gasteiger partial charge in [-0.2, -0.15) is 0 Å². The fraction of sp³-hybridized carbons (Fsp3) is 0.125. The number of halogens is 5. The summed E-state index contributed by atoms with van der Waals surface area (Å²) >= 11 is 28.7. The second-order valence-corrected chi connectivity index (χ2v) is 8.55. The maximum atomic E-state index is 6.38. The van der Waals surface area contributed by atoms with Crippen molar-refractivity contribution in [1.29, 1.82) is 0 Å². The Morgan fingerprint density at radius 1 is 0.909 bits per heavy atom. The van der Waals surface area contributed by atoms with Crippen LogP contribution in [0.5, 0.6) is 0 Å². The molecule has 6 heteroatoms. The SMILES string of the molecule is Clc1ccccc1N1c2ccccc2C=C(Br)C1C(Cl)(Cl)Cl. The third kappa shape index (κ3) is 3.00. The summed E-state index contributed by atoms with van der Waals surface area (Å²) in [6.45, 7) is 0. The Morgan fingerprint density at radius 3 is 2.14 bits per heavy atom. The molecule has 3 rings (SSSR count). The van der Waals surface area contributed by atoms with Gasteiger partial charge in [-0.3, -0.25) is 0 Å². The number of fused-ring (bicyclic) bond motifs is 1. The summed E-state index contributed by atoms with van der Waals surface area (Å²) in [5, 5.41) is 0.596. The van der Waals surface area contributed by atoms with Crippen LogP contribution in [0.1, 0.15) is 5.56 Å². The predicted molar refractivity (Wildman–Crippen MR) is 101 cm³/mol. The number of nitrogens with zero attached hydrogens (tertiary/aromatic N) is 1. The summed E-state index contributed by atoms with van der Waals surface area (Å²) in [4.78, 5) is 1.95. The molecule has 0 amide bonds. The van der Waals surface area contributed by atoms with E-state index in [9.17, 15) is 0 Å². The number of alkyl halides is 3. The van der Waals surface area contributed by atoms with Crippen molar-refractivity contribution in [1.82, 2.24) is 0 Å². The Balaban J connectivity index is 2.26. The van der Waals surface area contributed by atoms with E-state index in [1.807, 2.05) is 59.5 Å². The number of hydrogen-bond donors (Lipinski definition) is 0. The van der Waals surface area contributed by atoms with Gasteiger partial charge in [0, 0.05) is 10.2 Å². The fourth-order valence-electron chi connectivity index (χ4n) is 2.54. The Labute approximate surface area is 157 Å². The van der Waals surface area contributed by atoms with E-state index >= 15 is 0 Å². The van der Waals surface area contributed by atoms with Gasteiger partial charge in [0.05, 0.1) is 10.7 Å². The van der Waals surface area contributed by atoms with Gasteiger partial charge in [-0.1, -0.05) is 92.7 Å². The minimum absolute atomic E-state index is 0.507. The average Bonchev–Trinajstić information content (AvgIpc) is 2.45. The molecule has 1 nitrogen and oxygen atoms in total. The van der Waals surface area contributed by atoms with E-state index in [0.29, 0.717) is 5.02 Å². The van der Waals surface area contributed by atoms with Crippen molar-refractivity contribution in [3.63, 3.8) is 0 Å². The van der Waals surface area contributed by atoms with Crippen LogP contribution in [0, 0.1) is 0 Å². The van der Waals surface area contributed by atoms with Crippen molar-refractivity contribution in [3.8, 4) is 0 Å². The molecule has 0 saturated heterocycles. The molecule has 0 bridgehead atoms. The van der Waals surface area contributed by atoms with E-state index in [-0.39, 0.29) is 0 Å². The number of anilines is 2. The van der Waals surface area contributed by atoms with Crippen LogP contribution in [0.2, 0.25) is 5.02 Å². The first-order valence-corrected chi connectivity index (χ1v) is 8.76. The molecule has 22 heavy (non-hydrogen) atoms. The summed E-state index contributed by atoms with van der Waals surface area (Å²) in [7, 11) is 0. The third-order valence-corrected chi connectivity index (χ3v) is 5.03. The minimum atomic E-state index is -1.53. The molecule has 1 atom stereocenters. The van der Waals surface area contributed by atoms with Crippen LogP contribution in [0.25, 0.3) is 6.08 Å². The van der Waals surface area contributed by atoms with Gasteiger partial charge in [0.2, 0.25) is 3.79 Å². The number of benzene rings is 2. The molecule has 0 fully saturated rings. The normalized spacial score (nSPS) is 18.0. The molecule has 1 heterocycles. The number of hydrogen-bond acceptors (Lipinski definition) is 1. The summed E-state index contributed by atoms with van der Waals surface area (Å²) in [5.74, 6) is 0. The maximum absolute atomic E-state index is 6.38. The van der Waals surface area contributed by atoms with Crippen LogP contribution in [0.15, 0.2) is 53.0 Å². The fourth-order valence-corrected chi connectivity index (χ4v) is 4.60. The van der Waals surface area contributed by atoms with Gasteiger partial charge in [0.15, 0.2) is 0 Å². The van der Waals surface area contributed by atoms with Crippen molar-refractivity contribution in [2.45, 2.75) is 9.83 Å². The number of rotatable bonds is 1. The summed E-state index contributed by atoms with van der Waals surface area (Å²) in [6, 6.07) is 14.9. The highest BCUT2D eigenvalue weighted by Gasteiger charge is 2.43. The molecule has 1 aliphatic rings. The first-order valence-electron chi connectivity index (χ1n) is 6.46. The Bertz CT molecular complexity index is 739. The predicted octanol–water partition coefficient (Wildman–Crippen LogP) is 6.97. The van der Waals surface area contributed by atoms with Gasteiger partial charge in [-0.05, 0) is 29.8 Å². The van der Waals surface area contributed by atoms with E-state index < -0.39 is 9.83 Å². The zero-order valence-corrected chi connectivity index (χ0v) is 15.7. The van der Waals surface area contributed by atoms with Gasteiger partial charge < -0.3 is 4.90 Å². The van der Waals surface area contributed by atoms with Crippen LogP contribution in [-0.4, -0.2) is 9.83 Å². The lowest BCUT2D eigenvalue weighted by atomic mass is 10.0. The molecule has 2 aromatic carbocycles. The minimum Gasteiger partial charge on any atom is -0.327 e. The van der Waals surface area contributed by atoms with Gasteiger partial charge in [-0.25, -0.2) is 0 Å². The van der Waals surface area contributed by atoms with Crippen LogP contribution in [0.4, 0.5) is 11.4 Å². The van der Waals surface area contributed by atoms with Crippen LogP contribution in [-0.2, 0) is 0 Å². The van der Waals surface area contributed by atoms with Crippen molar-refractivity contribution in [3.05, 3.63) is 63.6 Å². The number of para-hydroxylation sites is 2. The molecule has 1 unspecified atom stereocenters. The average molecular weight is 438 g/mol. The summed E-state index contributed by atoms with van der Waals surface area (Å²) < 4.78 is -0.742. The van der Waals surface area contributed by atoms with Gasteiger partial charge in [0.25, 0.3) is 0 Å². The highest BCUT2D eigenvalue weighted by Crippen LogP contribution is 2.49. The molecule has 2 aromatic rings. The summed E-state index contributed by atoms with van der Waals surface area (Å²) in [6.07, 6.45) is 1.97. The van der Waals surface area contributed by atoms with E-state index in [1.54, 1.807) is 0 Å². The van der Waals surface area contributed by atoms with Crippen LogP contribution in [0.3, 0.4) is 0 Å². The first kappa shape index (κ1) is 16.5. The van der Waals surface area contributed by atoms with E-state index in [4.69, 9.17) is 46.4 Å². The van der Waals surface area contributed by atoms with Crippen molar-refractivity contribution in [2.75, 3.05) is 4.90 Å². The molecule has 0 radical (unpaired) electrons. The van der Waals surface area contributed by atoms with E-state index in [2.05, 4.69) is 15.9 Å². The zero-order chi connectivity index (χ0) is 15.9. The molecule has 114 valence electrons. The lowest BCUT2D eigenvalue weighted by molar-refractivity contribution is 0.787. The highest BCUT2D eigenvalue weighted by molar-refractivity contribution is 9.11. The topological polar surface area (TPSA) is 3.24 Å². The van der Waals surface area contributed by atoms with Crippen molar-refractivity contribution >= 4 is 79.8 Å². The Kier molecular flexibility index (Phi) is 4.69. The van der Waals surface area contributed by atoms with Crippen molar-refractivity contribution in [2.24, 2.45) is 0 Å². The Morgan fingerprint density at radius 2 is 1.50 bits per heavy atom. The van der Waals surface area contributed by atoms with Gasteiger partial charge in [0.1, 0.15) is 6.04 Å². The first-order chi connectivity index (χ1) is 10.4. The maximum Gasteiger partial charge on any atom is 0.215 e. The van der Waals surface area contributed by atoms with Crippen molar-refractivity contribution < 1.29 is 0 Å². The van der Waals surface area contributed by atoms with E-state index in [1.165, 1.54) is 0 Å². The smallest absolute Gasteiger partial charge is 0.215 e. The molecule has 0 N–H and O–H groups in total. The lowest BCUT2D eigenvalue weighted by Gasteiger charge is -2.41. The molecular formula is C16H10BrCl4N. The molecular weight excluding hydrogens is 428 g/mol. The highest BCUT2D eigenvalue weighted by atomic mass is 79.9. The van der Waals surface area contributed by atoms with Gasteiger partial charge in [-0.15, -0.1) is 0 Å². The molecule has 0 aromatic heterocycles. The quantitative estimate of drug-likeness (QED) is 0.435. The van der Waals surface area contributed by atoms with Crippen LogP contribution < -0.4 is 4.90 Å². The second-order valence-electron chi connectivity index (χ2n) is 4.85.